The lowest BCUT2D eigenvalue weighted by molar-refractivity contribution is 0.500. The lowest BCUT2D eigenvalue weighted by Gasteiger charge is -2.22. The van der Waals surface area contributed by atoms with Crippen molar-refractivity contribution in [3.05, 3.63) is 34.9 Å². The van der Waals surface area contributed by atoms with Crippen LogP contribution in [0.25, 0.3) is 0 Å². The highest BCUT2D eigenvalue weighted by molar-refractivity contribution is 5.35. The molecule has 0 radical (unpaired) electrons. The third-order valence-corrected chi connectivity index (χ3v) is 3.37. The lowest BCUT2D eigenvalue weighted by Crippen LogP contribution is -2.11. The standard InChI is InChI=1S/C14H20.C2H6/c1-10(2)13-7-6-12-5-4-11(3)8-14(12)9-13;1-2/h6-7,9-11H,4-5,8H2,1-3H3;1-2H3. The molecule has 1 aliphatic rings. The van der Waals surface area contributed by atoms with Crippen molar-refractivity contribution in [2.75, 3.05) is 0 Å². The number of aryl methyl sites for hydroxylation is 1. The van der Waals surface area contributed by atoms with E-state index in [1.807, 2.05) is 13.8 Å². The van der Waals surface area contributed by atoms with E-state index in [2.05, 4.69) is 39.0 Å². The Bertz CT molecular complexity index is 323. The molecular formula is C16H26. The molecule has 90 valence electrons. The summed E-state index contributed by atoms with van der Waals surface area (Å²) in [5.74, 6) is 1.54. The van der Waals surface area contributed by atoms with Gasteiger partial charge in [0.05, 0.1) is 0 Å². The summed E-state index contributed by atoms with van der Waals surface area (Å²) in [6.45, 7) is 10.9. The van der Waals surface area contributed by atoms with E-state index < -0.39 is 0 Å². The summed E-state index contributed by atoms with van der Waals surface area (Å²) in [5, 5.41) is 0. The average molecular weight is 218 g/mol. The van der Waals surface area contributed by atoms with Gasteiger partial charge in [-0.25, -0.2) is 0 Å². The topological polar surface area (TPSA) is 0 Å². The van der Waals surface area contributed by atoms with Gasteiger partial charge in [-0.05, 0) is 47.8 Å². The quantitative estimate of drug-likeness (QED) is 0.625. The fourth-order valence-corrected chi connectivity index (χ4v) is 2.32. The van der Waals surface area contributed by atoms with Gasteiger partial charge in [0, 0.05) is 0 Å². The van der Waals surface area contributed by atoms with E-state index in [-0.39, 0.29) is 0 Å². The minimum Gasteiger partial charge on any atom is -0.0683 e. The number of rotatable bonds is 1. The van der Waals surface area contributed by atoms with Crippen molar-refractivity contribution in [1.29, 1.82) is 0 Å². The maximum absolute atomic E-state index is 2.43. The zero-order valence-electron chi connectivity index (χ0n) is 11.5. The van der Waals surface area contributed by atoms with E-state index in [4.69, 9.17) is 0 Å². The molecule has 1 aromatic carbocycles. The molecule has 0 N–H and O–H groups in total. The molecule has 0 bridgehead atoms. The van der Waals surface area contributed by atoms with E-state index in [1.54, 1.807) is 11.1 Å². The van der Waals surface area contributed by atoms with Crippen molar-refractivity contribution in [2.45, 2.75) is 59.8 Å². The molecule has 16 heavy (non-hydrogen) atoms. The first-order chi connectivity index (χ1) is 7.66. The summed E-state index contributed by atoms with van der Waals surface area (Å²) in [7, 11) is 0. The summed E-state index contributed by atoms with van der Waals surface area (Å²) in [6.07, 6.45) is 3.94. The predicted molar refractivity (Wildman–Crippen MR) is 73.1 cm³/mol. The molecule has 0 nitrogen and oxygen atoms in total. The molecule has 0 amide bonds. The molecule has 0 heterocycles. The van der Waals surface area contributed by atoms with E-state index >= 15 is 0 Å². The highest BCUT2D eigenvalue weighted by Gasteiger charge is 2.15. The Kier molecular flexibility index (Phi) is 5.05. The molecule has 0 saturated carbocycles. The second-order valence-electron chi connectivity index (χ2n) is 5.03. The van der Waals surface area contributed by atoms with Gasteiger partial charge in [0.15, 0.2) is 0 Å². The molecule has 0 spiro atoms. The van der Waals surface area contributed by atoms with Crippen molar-refractivity contribution < 1.29 is 0 Å². The van der Waals surface area contributed by atoms with Gasteiger partial charge < -0.3 is 0 Å². The van der Waals surface area contributed by atoms with Gasteiger partial charge in [-0.1, -0.05) is 52.8 Å². The van der Waals surface area contributed by atoms with Gasteiger partial charge in [-0.15, -0.1) is 0 Å². The largest absolute Gasteiger partial charge is 0.0683 e. The van der Waals surface area contributed by atoms with Gasteiger partial charge >= 0.3 is 0 Å². The first-order valence-corrected chi connectivity index (χ1v) is 6.78. The van der Waals surface area contributed by atoms with Crippen molar-refractivity contribution in [2.24, 2.45) is 5.92 Å². The molecule has 1 atom stereocenters. The van der Waals surface area contributed by atoms with E-state index in [9.17, 15) is 0 Å². The van der Waals surface area contributed by atoms with E-state index in [0.717, 1.165) is 5.92 Å². The van der Waals surface area contributed by atoms with Crippen LogP contribution in [-0.2, 0) is 12.8 Å². The smallest absolute Gasteiger partial charge is 0.0219 e. The first kappa shape index (κ1) is 13.3. The zero-order chi connectivity index (χ0) is 12.1. The SMILES string of the molecule is CC.CC1CCc2ccc(C(C)C)cc2C1. The van der Waals surface area contributed by atoms with Crippen molar-refractivity contribution >= 4 is 0 Å². The highest BCUT2D eigenvalue weighted by atomic mass is 14.2. The Balaban J connectivity index is 0.000000606. The lowest BCUT2D eigenvalue weighted by atomic mass is 9.83. The number of hydrogen-bond donors (Lipinski definition) is 0. The predicted octanol–water partition coefficient (Wildman–Crippen LogP) is 4.96. The van der Waals surface area contributed by atoms with Crippen LogP contribution in [0.1, 0.15) is 63.6 Å². The van der Waals surface area contributed by atoms with Crippen LogP contribution in [0.15, 0.2) is 18.2 Å². The summed E-state index contributed by atoms with van der Waals surface area (Å²) < 4.78 is 0. The Labute approximate surface area is 101 Å². The average Bonchev–Trinajstić information content (AvgIpc) is 2.30. The summed E-state index contributed by atoms with van der Waals surface area (Å²) in [4.78, 5) is 0. The summed E-state index contributed by atoms with van der Waals surface area (Å²) >= 11 is 0. The minimum atomic E-state index is 0.664. The van der Waals surface area contributed by atoms with Crippen LogP contribution in [0, 0.1) is 5.92 Å². The van der Waals surface area contributed by atoms with Crippen LogP contribution >= 0.6 is 0 Å². The van der Waals surface area contributed by atoms with Crippen LogP contribution in [0.2, 0.25) is 0 Å². The van der Waals surface area contributed by atoms with Crippen molar-refractivity contribution in [3.8, 4) is 0 Å². The third kappa shape index (κ3) is 3.10. The second-order valence-corrected chi connectivity index (χ2v) is 5.03. The van der Waals surface area contributed by atoms with Crippen LogP contribution in [0.3, 0.4) is 0 Å². The van der Waals surface area contributed by atoms with E-state index in [0.29, 0.717) is 5.92 Å². The van der Waals surface area contributed by atoms with Crippen LogP contribution in [0.5, 0.6) is 0 Å². The fourth-order valence-electron chi connectivity index (χ4n) is 2.32. The summed E-state index contributed by atoms with van der Waals surface area (Å²) in [6, 6.07) is 7.08. The molecule has 1 aromatic rings. The van der Waals surface area contributed by atoms with Crippen LogP contribution < -0.4 is 0 Å². The van der Waals surface area contributed by atoms with Crippen LogP contribution in [-0.4, -0.2) is 0 Å². The molecule has 1 unspecified atom stereocenters. The molecule has 2 rings (SSSR count). The van der Waals surface area contributed by atoms with Gasteiger partial charge in [0.25, 0.3) is 0 Å². The molecule has 0 saturated heterocycles. The number of fused-ring (bicyclic) bond motifs is 1. The zero-order valence-corrected chi connectivity index (χ0v) is 11.5. The molecule has 0 aromatic heterocycles. The van der Waals surface area contributed by atoms with Crippen molar-refractivity contribution in [1.82, 2.24) is 0 Å². The minimum absolute atomic E-state index is 0.664. The third-order valence-electron chi connectivity index (χ3n) is 3.37. The number of hydrogen-bond acceptors (Lipinski definition) is 0. The van der Waals surface area contributed by atoms with Gasteiger partial charge in [-0.2, -0.15) is 0 Å². The first-order valence-electron chi connectivity index (χ1n) is 6.78. The Morgan fingerprint density at radius 3 is 2.44 bits per heavy atom. The Hall–Kier alpha value is -0.780. The van der Waals surface area contributed by atoms with Gasteiger partial charge in [0.1, 0.15) is 0 Å². The number of benzene rings is 1. The Morgan fingerprint density at radius 1 is 1.12 bits per heavy atom. The monoisotopic (exact) mass is 218 g/mol. The maximum atomic E-state index is 2.43. The Morgan fingerprint density at radius 2 is 1.81 bits per heavy atom. The molecule has 1 aliphatic carbocycles. The van der Waals surface area contributed by atoms with Crippen molar-refractivity contribution in [3.63, 3.8) is 0 Å². The van der Waals surface area contributed by atoms with Crippen LogP contribution in [0.4, 0.5) is 0 Å². The van der Waals surface area contributed by atoms with Gasteiger partial charge in [-0.3, -0.25) is 0 Å². The normalized spacial score (nSPS) is 18.8. The second kappa shape index (κ2) is 6.08. The maximum Gasteiger partial charge on any atom is -0.0219 e. The van der Waals surface area contributed by atoms with E-state index in [1.165, 1.54) is 24.8 Å². The molecular weight excluding hydrogens is 192 g/mol. The molecule has 0 fully saturated rings. The molecule has 0 aliphatic heterocycles. The highest BCUT2D eigenvalue weighted by Crippen LogP contribution is 2.27. The molecule has 0 heteroatoms. The fraction of sp³-hybridized carbons (Fsp3) is 0.625. The summed E-state index contributed by atoms with van der Waals surface area (Å²) in [5.41, 5.74) is 4.69. The van der Waals surface area contributed by atoms with Gasteiger partial charge in [0.2, 0.25) is 0 Å².